The summed E-state index contributed by atoms with van der Waals surface area (Å²) in [6, 6.07) is 5.08. The van der Waals surface area contributed by atoms with Crippen LogP contribution < -0.4 is 5.73 Å². The molecule has 0 aliphatic carbocycles. The third kappa shape index (κ3) is 2.68. The van der Waals surface area contributed by atoms with Crippen molar-refractivity contribution in [2.45, 2.75) is 40.3 Å². The van der Waals surface area contributed by atoms with Gasteiger partial charge < -0.3 is 5.73 Å². The minimum Gasteiger partial charge on any atom is -0.326 e. The van der Waals surface area contributed by atoms with E-state index in [0.29, 0.717) is 12.1 Å². The molecule has 0 saturated carbocycles. The van der Waals surface area contributed by atoms with Crippen LogP contribution >= 0.6 is 0 Å². The summed E-state index contributed by atoms with van der Waals surface area (Å²) in [4.78, 5) is 0. The number of nitrogens with two attached hydrogens (primary N) is 1. The summed E-state index contributed by atoms with van der Waals surface area (Å²) in [6.07, 6.45) is 0.981. The molecule has 19 heavy (non-hydrogen) atoms. The van der Waals surface area contributed by atoms with Crippen molar-refractivity contribution in [2.75, 3.05) is 0 Å². The van der Waals surface area contributed by atoms with Crippen LogP contribution in [0.25, 0.3) is 0 Å². The third-order valence-electron chi connectivity index (χ3n) is 3.55. The van der Waals surface area contributed by atoms with Crippen LogP contribution in [0.1, 0.15) is 35.0 Å². The van der Waals surface area contributed by atoms with Crippen LogP contribution in [0.4, 0.5) is 4.39 Å². The topological polar surface area (TPSA) is 43.8 Å². The Balaban J connectivity index is 2.31. The van der Waals surface area contributed by atoms with Crippen molar-refractivity contribution in [3.05, 3.63) is 52.1 Å². The van der Waals surface area contributed by atoms with Gasteiger partial charge in [-0.2, -0.15) is 5.10 Å². The lowest BCUT2D eigenvalue weighted by Crippen LogP contribution is -2.06. The third-order valence-corrected chi connectivity index (χ3v) is 3.55. The highest BCUT2D eigenvalue weighted by molar-refractivity contribution is 5.28. The summed E-state index contributed by atoms with van der Waals surface area (Å²) >= 11 is 0. The highest BCUT2D eigenvalue weighted by Gasteiger charge is 2.10. The number of rotatable bonds is 4. The molecule has 0 spiro atoms. The molecule has 0 aliphatic heterocycles. The van der Waals surface area contributed by atoms with Crippen LogP contribution in [0.3, 0.4) is 0 Å². The lowest BCUT2D eigenvalue weighted by molar-refractivity contribution is 0.605. The van der Waals surface area contributed by atoms with Gasteiger partial charge in [0.25, 0.3) is 0 Å². The fourth-order valence-corrected chi connectivity index (χ4v) is 2.46. The van der Waals surface area contributed by atoms with Crippen molar-refractivity contribution in [1.82, 2.24) is 9.78 Å². The van der Waals surface area contributed by atoms with Crippen LogP contribution in [-0.2, 0) is 19.5 Å². The zero-order chi connectivity index (χ0) is 14.0. The Morgan fingerprint density at radius 3 is 2.63 bits per heavy atom. The number of halogens is 1. The van der Waals surface area contributed by atoms with Crippen LogP contribution in [0.15, 0.2) is 18.2 Å². The molecule has 1 aromatic carbocycles. The first-order valence-corrected chi connectivity index (χ1v) is 6.57. The largest absolute Gasteiger partial charge is 0.326 e. The molecule has 0 saturated heterocycles. The number of hydrogen-bond acceptors (Lipinski definition) is 2. The predicted octanol–water partition coefficient (Wildman–Crippen LogP) is 2.71. The van der Waals surface area contributed by atoms with E-state index in [0.717, 1.165) is 17.7 Å². The predicted molar refractivity (Wildman–Crippen MR) is 74.5 cm³/mol. The van der Waals surface area contributed by atoms with E-state index >= 15 is 0 Å². The maximum absolute atomic E-state index is 13.4. The summed E-state index contributed by atoms with van der Waals surface area (Å²) in [5, 5.41) is 4.55. The summed E-state index contributed by atoms with van der Waals surface area (Å²) in [5.41, 5.74) is 10.6. The van der Waals surface area contributed by atoms with Crippen LogP contribution in [0, 0.1) is 19.7 Å². The van der Waals surface area contributed by atoms with Gasteiger partial charge in [-0.25, -0.2) is 4.39 Å². The van der Waals surface area contributed by atoms with E-state index in [4.69, 9.17) is 5.73 Å². The lowest BCUT2D eigenvalue weighted by Gasteiger charge is -2.07. The molecule has 0 aliphatic rings. The molecule has 102 valence electrons. The number of nitrogens with zero attached hydrogens (tertiary/aromatic N) is 2. The van der Waals surface area contributed by atoms with E-state index in [9.17, 15) is 4.39 Å². The zero-order valence-electron chi connectivity index (χ0n) is 11.7. The van der Waals surface area contributed by atoms with E-state index < -0.39 is 0 Å². The number of hydrogen-bond donors (Lipinski definition) is 1. The van der Waals surface area contributed by atoms with E-state index in [1.165, 1.54) is 17.3 Å². The Labute approximate surface area is 113 Å². The van der Waals surface area contributed by atoms with E-state index in [1.54, 1.807) is 6.07 Å². The zero-order valence-corrected chi connectivity index (χ0v) is 11.7. The molecule has 0 fully saturated rings. The van der Waals surface area contributed by atoms with Crippen molar-refractivity contribution in [2.24, 2.45) is 5.73 Å². The Morgan fingerprint density at radius 2 is 2.05 bits per heavy atom. The van der Waals surface area contributed by atoms with Crippen LogP contribution in [0.2, 0.25) is 0 Å². The Bertz CT molecular complexity index is 587. The minimum atomic E-state index is -0.242. The number of aromatic nitrogens is 2. The summed E-state index contributed by atoms with van der Waals surface area (Å²) in [5.74, 6) is -0.242. The molecule has 0 amide bonds. The molecular weight excluding hydrogens is 241 g/mol. The van der Waals surface area contributed by atoms with E-state index in [2.05, 4.69) is 18.9 Å². The second-order valence-corrected chi connectivity index (χ2v) is 4.79. The number of benzene rings is 1. The van der Waals surface area contributed by atoms with Crippen molar-refractivity contribution in [3.8, 4) is 0 Å². The second-order valence-electron chi connectivity index (χ2n) is 4.79. The van der Waals surface area contributed by atoms with Crippen molar-refractivity contribution >= 4 is 0 Å². The van der Waals surface area contributed by atoms with Gasteiger partial charge in [-0.3, -0.25) is 4.68 Å². The van der Waals surface area contributed by atoms with Gasteiger partial charge >= 0.3 is 0 Å². The van der Waals surface area contributed by atoms with Crippen molar-refractivity contribution in [3.63, 3.8) is 0 Å². The first-order valence-electron chi connectivity index (χ1n) is 6.57. The monoisotopic (exact) mass is 261 g/mol. The molecular formula is C15H20FN3. The SMILES string of the molecule is CCc1c(C)nn(Cc2ccc(F)c(CN)c2)c1C. The van der Waals surface area contributed by atoms with Crippen LogP contribution in [0.5, 0.6) is 0 Å². The first-order chi connectivity index (χ1) is 9.06. The van der Waals surface area contributed by atoms with Gasteiger partial charge in [0, 0.05) is 17.8 Å². The second kappa shape index (κ2) is 5.53. The van der Waals surface area contributed by atoms with Gasteiger partial charge in [0.2, 0.25) is 0 Å². The quantitative estimate of drug-likeness (QED) is 0.919. The van der Waals surface area contributed by atoms with E-state index in [1.807, 2.05) is 17.7 Å². The molecule has 0 atom stereocenters. The smallest absolute Gasteiger partial charge is 0.127 e. The molecule has 2 aromatic rings. The van der Waals surface area contributed by atoms with Gasteiger partial charge in [0.15, 0.2) is 0 Å². The average Bonchev–Trinajstić information content (AvgIpc) is 2.66. The van der Waals surface area contributed by atoms with Gasteiger partial charge in [-0.05, 0) is 43.5 Å². The van der Waals surface area contributed by atoms with Crippen molar-refractivity contribution < 1.29 is 4.39 Å². The molecule has 2 rings (SSSR count). The summed E-state index contributed by atoms with van der Waals surface area (Å²) in [6.45, 7) is 7.10. The Hall–Kier alpha value is -1.68. The Morgan fingerprint density at radius 1 is 1.32 bits per heavy atom. The normalized spacial score (nSPS) is 11.0. The van der Waals surface area contributed by atoms with Crippen LogP contribution in [-0.4, -0.2) is 9.78 Å². The van der Waals surface area contributed by atoms with Gasteiger partial charge in [-0.15, -0.1) is 0 Å². The van der Waals surface area contributed by atoms with Gasteiger partial charge in [0.1, 0.15) is 5.82 Å². The molecule has 4 heteroatoms. The summed E-state index contributed by atoms with van der Waals surface area (Å²) in [7, 11) is 0. The molecule has 1 aromatic heterocycles. The average molecular weight is 261 g/mol. The molecule has 0 unspecified atom stereocenters. The molecule has 2 N–H and O–H groups in total. The first kappa shape index (κ1) is 13.7. The standard InChI is InChI=1S/C15H20FN3/c1-4-14-10(2)18-19(11(14)3)9-12-5-6-15(16)13(7-12)8-17/h5-7H,4,8-9,17H2,1-3H3. The van der Waals surface area contributed by atoms with Gasteiger partial charge in [-0.1, -0.05) is 13.0 Å². The molecule has 0 bridgehead atoms. The molecule has 3 nitrogen and oxygen atoms in total. The summed E-state index contributed by atoms with van der Waals surface area (Å²) < 4.78 is 15.4. The fourth-order valence-electron chi connectivity index (χ4n) is 2.46. The maximum Gasteiger partial charge on any atom is 0.127 e. The highest BCUT2D eigenvalue weighted by atomic mass is 19.1. The number of aryl methyl sites for hydroxylation is 1. The fraction of sp³-hybridized carbons (Fsp3) is 0.400. The molecule has 1 heterocycles. The Kier molecular flexibility index (Phi) is 4.00. The lowest BCUT2D eigenvalue weighted by atomic mass is 10.1. The highest BCUT2D eigenvalue weighted by Crippen LogP contribution is 2.16. The molecule has 0 radical (unpaired) electrons. The minimum absolute atomic E-state index is 0.219. The maximum atomic E-state index is 13.4. The van der Waals surface area contributed by atoms with Gasteiger partial charge in [0.05, 0.1) is 12.2 Å². The van der Waals surface area contributed by atoms with E-state index in [-0.39, 0.29) is 12.4 Å². The van der Waals surface area contributed by atoms with Crippen molar-refractivity contribution in [1.29, 1.82) is 0 Å².